The Labute approximate surface area is 78.5 Å². The zero-order valence-electron chi connectivity index (χ0n) is 8.05. The van der Waals surface area contributed by atoms with Gasteiger partial charge in [-0.3, -0.25) is 4.79 Å². The maximum Gasteiger partial charge on any atom is 0.236 e. The van der Waals surface area contributed by atoms with Gasteiger partial charge in [0.25, 0.3) is 0 Å². The molecule has 0 bridgehead atoms. The third-order valence-electron chi connectivity index (χ3n) is 2.65. The largest absolute Gasteiger partial charge is 0.396 e. The second-order valence-electron chi connectivity index (χ2n) is 3.98. The molecule has 1 aliphatic rings. The van der Waals surface area contributed by atoms with E-state index in [4.69, 9.17) is 10.8 Å². The molecule has 1 fully saturated rings. The van der Waals surface area contributed by atoms with Crippen LogP contribution >= 0.6 is 0 Å². The van der Waals surface area contributed by atoms with Crippen molar-refractivity contribution in [3.63, 3.8) is 0 Å². The van der Waals surface area contributed by atoms with Gasteiger partial charge in [-0.05, 0) is 31.6 Å². The van der Waals surface area contributed by atoms with E-state index in [1.54, 1.807) is 6.92 Å². The summed E-state index contributed by atoms with van der Waals surface area (Å²) in [5.41, 5.74) is 5.58. The first-order chi connectivity index (χ1) is 6.09. The predicted octanol–water partition coefficient (Wildman–Crippen LogP) is -0.388. The molecule has 4 nitrogen and oxygen atoms in total. The molecule has 1 aliphatic carbocycles. The van der Waals surface area contributed by atoms with Crippen molar-refractivity contribution in [2.45, 2.75) is 32.2 Å². The number of aliphatic hydroxyl groups excluding tert-OH is 1. The highest BCUT2D eigenvalue weighted by Gasteiger charge is 2.41. The van der Waals surface area contributed by atoms with E-state index in [0.717, 1.165) is 19.3 Å². The Morgan fingerprint density at radius 1 is 1.69 bits per heavy atom. The van der Waals surface area contributed by atoms with E-state index in [1.807, 2.05) is 0 Å². The van der Waals surface area contributed by atoms with Crippen molar-refractivity contribution in [2.24, 2.45) is 11.1 Å². The van der Waals surface area contributed by atoms with Crippen molar-refractivity contribution in [3.05, 3.63) is 0 Å². The number of amides is 1. The molecular weight excluding hydrogens is 168 g/mol. The number of hydrogen-bond donors (Lipinski definition) is 3. The second kappa shape index (κ2) is 4.07. The molecule has 1 amide bonds. The van der Waals surface area contributed by atoms with Crippen molar-refractivity contribution in [1.82, 2.24) is 5.32 Å². The minimum atomic E-state index is -0.440. The van der Waals surface area contributed by atoms with Crippen molar-refractivity contribution in [2.75, 3.05) is 13.2 Å². The molecule has 0 saturated heterocycles. The van der Waals surface area contributed by atoms with E-state index in [-0.39, 0.29) is 17.9 Å². The van der Waals surface area contributed by atoms with Crippen LogP contribution in [-0.4, -0.2) is 30.2 Å². The zero-order valence-corrected chi connectivity index (χ0v) is 8.05. The third-order valence-corrected chi connectivity index (χ3v) is 2.65. The van der Waals surface area contributed by atoms with Gasteiger partial charge < -0.3 is 16.2 Å². The molecule has 0 heterocycles. The Morgan fingerprint density at radius 3 is 2.69 bits per heavy atom. The van der Waals surface area contributed by atoms with E-state index in [9.17, 15) is 4.79 Å². The van der Waals surface area contributed by atoms with E-state index in [0.29, 0.717) is 6.54 Å². The first-order valence-electron chi connectivity index (χ1n) is 4.74. The molecule has 1 atom stereocenters. The summed E-state index contributed by atoms with van der Waals surface area (Å²) in [5.74, 6) is -0.107. The highest BCUT2D eigenvalue weighted by molar-refractivity contribution is 5.81. The van der Waals surface area contributed by atoms with Crippen LogP contribution in [-0.2, 0) is 4.79 Å². The predicted molar refractivity (Wildman–Crippen MR) is 50.0 cm³/mol. The Hall–Kier alpha value is -0.610. The summed E-state index contributed by atoms with van der Waals surface area (Å²) in [6, 6.07) is -0.440. The zero-order chi connectivity index (χ0) is 9.90. The van der Waals surface area contributed by atoms with Gasteiger partial charge in [0, 0.05) is 13.2 Å². The molecule has 76 valence electrons. The second-order valence-corrected chi connectivity index (χ2v) is 3.98. The lowest BCUT2D eigenvalue weighted by Gasteiger charge is -2.15. The van der Waals surface area contributed by atoms with E-state index in [1.165, 1.54) is 0 Å². The summed E-state index contributed by atoms with van der Waals surface area (Å²) < 4.78 is 0. The van der Waals surface area contributed by atoms with Crippen LogP contribution in [0.25, 0.3) is 0 Å². The molecule has 4 heteroatoms. The fourth-order valence-electron chi connectivity index (χ4n) is 1.36. The van der Waals surface area contributed by atoms with Crippen molar-refractivity contribution in [3.8, 4) is 0 Å². The van der Waals surface area contributed by atoms with Gasteiger partial charge in [0.1, 0.15) is 0 Å². The van der Waals surface area contributed by atoms with Crippen LogP contribution in [0.4, 0.5) is 0 Å². The van der Waals surface area contributed by atoms with Gasteiger partial charge in [0.05, 0.1) is 6.04 Å². The average molecular weight is 186 g/mol. The van der Waals surface area contributed by atoms with E-state index in [2.05, 4.69) is 5.32 Å². The minimum Gasteiger partial charge on any atom is -0.396 e. The smallest absolute Gasteiger partial charge is 0.236 e. The van der Waals surface area contributed by atoms with Crippen molar-refractivity contribution >= 4 is 5.91 Å². The summed E-state index contributed by atoms with van der Waals surface area (Å²) in [6.07, 6.45) is 2.99. The number of aliphatic hydroxyl groups is 1. The maximum absolute atomic E-state index is 11.1. The monoisotopic (exact) mass is 186 g/mol. The van der Waals surface area contributed by atoms with Crippen LogP contribution in [0.3, 0.4) is 0 Å². The normalized spacial score (nSPS) is 20.8. The highest BCUT2D eigenvalue weighted by Crippen LogP contribution is 2.47. The van der Waals surface area contributed by atoms with Crippen LogP contribution in [0.2, 0.25) is 0 Å². The summed E-state index contributed by atoms with van der Waals surface area (Å²) in [7, 11) is 0. The SMILES string of the molecule is C[C@H](N)C(=O)NCC1(CCO)CC1. The van der Waals surface area contributed by atoms with Crippen LogP contribution in [0.15, 0.2) is 0 Å². The van der Waals surface area contributed by atoms with E-state index < -0.39 is 6.04 Å². The number of carbonyl (C=O) groups excluding carboxylic acids is 1. The standard InChI is InChI=1S/C9H18N2O2/c1-7(10)8(13)11-6-9(2-3-9)4-5-12/h7,12H,2-6,10H2,1H3,(H,11,13)/t7-/m0/s1. The molecule has 4 N–H and O–H groups in total. The van der Waals surface area contributed by atoms with Crippen molar-refractivity contribution in [1.29, 1.82) is 0 Å². The number of nitrogens with two attached hydrogens (primary N) is 1. The third kappa shape index (κ3) is 2.97. The molecule has 13 heavy (non-hydrogen) atoms. The Kier molecular flexibility index (Phi) is 3.27. The number of carbonyl (C=O) groups is 1. The highest BCUT2D eigenvalue weighted by atomic mass is 16.3. The van der Waals surface area contributed by atoms with Crippen LogP contribution in [0, 0.1) is 5.41 Å². The average Bonchev–Trinajstić information content (AvgIpc) is 2.82. The Morgan fingerprint density at radius 2 is 2.31 bits per heavy atom. The van der Waals surface area contributed by atoms with Gasteiger partial charge in [-0.25, -0.2) is 0 Å². The molecule has 0 aliphatic heterocycles. The molecular formula is C9H18N2O2. The summed E-state index contributed by atoms with van der Waals surface area (Å²) in [4.78, 5) is 11.1. The summed E-state index contributed by atoms with van der Waals surface area (Å²) in [6.45, 7) is 2.53. The van der Waals surface area contributed by atoms with E-state index >= 15 is 0 Å². The Balaban J connectivity index is 2.22. The van der Waals surface area contributed by atoms with Crippen LogP contribution in [0.5, 0.6) is 0 Å². The van der Waals surface area contributed by atoms with Gasteiger partial charge >= 0.3 is 0 Å². The van der Waals surface area contributed by atoms with Crippen LogP contribution < -0.4 is 11.1 Å². The molecule has 0 spiro atoms. The van der Waals surface area contributed by atoms with Gasteiger partial charge in [0.15, 0.2) is 0 Å². The topological polar surface area (TPSA) is 75.4 Å². The maximum atomic E-state index is 11.1. The molecule has 0 aromatic heterocycles. The summed E-state index contributed by atoms with van der Waals surface area (Å²) in [5, 5.41) is 11.6. The number of rotatable bonds is 5. The lowest BCUT2D eigenvalue weighted by Crippen LogP contribution is -2.41. The lowest BCUT2D eigenvalue weighted by atomic mass is 10.0. The number of hydrogen-bond acceptors (Lipinski definition) is 3. The molecule has 1 saturated carbocycles. The fraction of sp³-hybridized carbons (Fsp3) is 0.889. The molecule has 0 aromatic rings. The first-order valence-corrected chi connectivity index (χ1v) is 4.74. The molecule has 1 rings (SSSR count). The lowest BCUT2D eigenvalue weighted by molar-refractivity contribution is -0.122. The molecule has 0 radical (unpaired) electrons. The molecule has 0 unspecified atom stereocenters. The van der Waals surface area contributed by atoms with Gasteiger partial charge in [-0.2, -0.15) is 0 Å². The van der Waals surface area contributed by atoms with Gasteiger partial charge in [-0.15, -0.1) is 0 Å². The fourth-order valence-corrected chi connectivity index (χ4v) is 1.36. The first kappa shape index (κ1) is 10.5. The number of nitrogens with one attached hydrogen (secondary N) is 1. The van der Waals surface area contributed by atoms with Crippen molar-refractivity contribution < 1.29 is 9.90 Å². The quantitative estimate of drug-likeness (QED) is 0.547. The van der Waals surface area contributed by atoms with Gasteiger partial charge in [-0.1, -0.05) is 0 Å². The molecule has 0 aromatic carbocycles. The van der Waals surface area contributed by atoms with Crippen LogP contribution in [0.1, 0.15) is 26.2 Å². The Bertz CT molecular complexity index is 188. The minimum absolute atomic E-state index is 0.107. The summed E-state index contributed by atoms with van der Waals surface area (Å²) >= 11 is 0. The van der Waals surface area contributed by atoms with Gasteiger partial charge in [0.2, 0.25) is 5.91 Å².